The Labute approximate surface area is 93.2 Å². The molecule has 1 heterocycles. The first-order valence-corrected chi connectivity index (χ1v) is 3.81. The number of nitrogens with zero attached hydrogens (tertiary/aromatic N) is 1. The number of benzene rings is 1. The average Bonchev–Trinajstić information content (AvgIpc) is 2.04. The molecule has 0 bridgehead atoms. The van der Waals surface area contributed by atoms with E-state index in [2.05, 4.69) is 0 Å². The minimum absolute atomic E-state index is 0. The van der Waals surface area contributed by atoms with E-state index in [1.54, 1.807) is 4.57 Å². The Balaban J connectivity index is 0.000000845. The molecule has 0 aliphatic carbocycles. The number of para-hydroxylation sites is 1. The molecule has 0 fully saturated rings. The third kappa shape index (κ3) is 1.96. The molecule has 0 radical (unpaired) electrons. The van der Waals surface area contributed by atoms with Gasteiger partial charge in [0.1, 0.15) is 7.05 Å². The monoisotopic (exact) mass is 289 g/mol. The Bertz CT molecular complexity index is 428. The number of aryl methyl sites for hydroxylation is 1. The van der Waals surface area contributed by atoms with Crippen molar-refractivity contribution >= 4 is 10.9 Å². The lowest BCUT2D eigenvalue weighted by Gasteiger charge is -1.95. The number of hydrogen-bond donors (Lipinski definition) is 0. The molecule has 0 aliphatic rings. The van der Waals surface area contributed by atoms with E-state index in [4.69, 9.17) is 0 Å². The van der Waals surface area contributed by atoms with Crippen LogP contribution in [0.4, 0.5) is 4.39 Å². The SMILES string of the molecule is C[n+]1cc(F)cc2ccccc21.[I-]. The molecule has 0 amide bonds. The van der Waals surface area contributed by atoms with E-state index < -0.39 is 0 Å². The molecule has 0 saturated carbocycles. The van der Waals surface area contributed by atoms with Gasteiger partial charge in [-0.3, -0.25) is 0 Å². The van der Waals surface area contributed by atoms with Crippen LogP contribution in [0.15, 0.2) is 36.5 Å². The van der Waals surface area contributed by atoms with Crippen molar-refractivity contribution in [1.29, 1.82) is 0 Å². The van der Waals surface area contributed by atoms with Crippen molar-refractivity contribution < 1.29 is 32.9 Å². The van der Waals surface area contributed by atoms with Gasteiger partial charge < -0.3 is 24.0 Å². The van der Waals surface area contributed by atoms with E-state index >= 15 is 0 Å². The largest absolute Gasteiger partial charge is 1.00 e. The number of hydrogen-bond acceptors (Lipinski definition) is 0. The van der Waals surface area contributed by atoms with Crippen LogP contribution in [0.25, 0.3) is 10.9 Å². The van der Waals surface area contributed by atoms with Crippen LogP contribution < -0.4 is 28.5 Å². The number of fused-ring (bicyclic) bond motifs is 1. The molecule has 2 aromatic rings. The molecular weight excluding hydrogens is 280 g/mol. The highest BCUT2D eigenvalue weighted by Crippen LogP contribution is 2.09. The van der Waals surface area contributed by atoms with Crippen molar-refractivity contribution in [3.63, 3.8) is 0 Å². The lowest BCUT2D eigenvalue weighted by Crippen LogP contribution is -3.00. The van der Waals surface area contributed by atoms with Crippen LogP contribution in [0, 0.1) is 5.82 Å². The third-order valence-electron chi connectivity index (χ3n) is 1.93. The summed E-state index contributed by atoms with van der Waals surface area (Å²) >= 11 is 0. The molecule has 0 saturated heterocycles. The van der Waals surface area contributed by atoms with E-state index in [0.29, 0.717) is 0 Å². The summed E-state index contributed by atoms with van der Waals surface area (Å²) < 4.78 is 14.7. The summed E-state index contributed by atoms with van der Waals surface area (Å²) in [6.07, 6.45) is 1.47. The van der Waals surface area contributed by atoms with Crippen molar-refractivity contribution in [2.75, 3.05) is 0 Å². The molecule has 13 heavy (non-hydrogen) atoms. The minimum Gasteiger partial charge on any atom is -1.00 e. The quantitative estimate of drug-likeness (QED) is 0.424. The van der Waals surface area contributed by atoms with E-state index in [1.807, 2.05) is 31.3 Å². The fraction of sp³-hybridized carbons (Fsp3) is 0.100. The second-order valence-electron chi connectivity index (χ2n) is 2.83. The first kappa shape index (κ1) is 10.4. The zero-order valence-corrected chi connectivity index (χ0v) is 9.32. The molecule has 0 aliphatic heterocycles. The molecule has 1 aromatic carbocycles. The molecule has 0 unspecified atom stereocenters. The third-order valence-corrected chi connectivity index (χ3v) is 1.93. The predicted octanol–water partition coefficient (Wildman–Crippen LogP) is -1.19. The van der Waals surface area contributed by atoms with Gasteiger partial charge in [-0.1, -0.05) is 12.1 Å². The van der Waals surface area contributed by atoms with Gasteiger partial charge in [0, 0.05) is 11.5 Å². The van der Waals surface area contributed by atoms with E-state index in [1.165, 1.54) is 12.3 Å². The van der Waals surface area contributed by atoms with Gasteiger partial charge in [0.2, 0.25) is 11.7 Å². The van der Waals surface area contributed by atoms with Crippen LogP contribution in [-0.2, 0) is 7.05 Å². The van der Waals surface area contributed by atoms with Gasteiger partial charge in [-0.15, -0.1) is 0 Å². The summed E-state index contributed by atoms with van der Waals surface area (Å²) in [7, 11) is 1.84. The molecule has 3 heteroatoms. The smallest absolute Gasteiger partial charge is 0.212 e. The van der Waals surface area contributed by atoms with E-state index in [-0.39, 0.29) is 29.8 Å². The fourth-order valence-electron chi connectivity index (χ4n) is 1.37. The molecule has 1 nitrogen and oxygen atoms in total. The number of rotatable bonds is 0. The highest BCUT2D eigenvalue weighted by Gasteiger charge is 2.05. The maximum absolute atomic E-state index is 12.9. The van der Waals surface area contributed by atoms with Gasteiger partial charge in [-0.2, -0.15) is 4.57 Å². The summed E-state index contributed by atoms with van der Waals surface area (Å²) in [5, 5.41) is 0.931. The summed E-state index contributed by atoms with van der Waals surface area (Å²) in [4.78, 5) is 0. The van der Waals surface area contributed by atoms with Crippen LogP contribution in [0.1, 0.15) is 0 Å². The molecule has 0 N–H and O–H groups in total. The van der Waals surface area contributed by atoms with Crippen LogP contribution in [-0.4, -0.2) is 0 Å². The summed E-state index contributed by atoms with van der Waals surface area (Å²) in [6, 6.07) is 9.25. The Hall–Kier alpha value is -0.710. The highest BCUT2D eigenvalue weighted by molar-refractivity contribution is 5.75. The Morgan fingerprint density at radius 2 is 1.92 bits per heavy atom. The molecule has 2 rings (SSSR count). The highest BCUT2D eigenvalue weighted by atomic mass is 127. The van der Waals surface area contributed by atoms with Gasteiger partial charge in [0.25, 0.3) is 0 Å². The zero-order valence-electron chi connectivity index (χ0n) is 7.17. The van der Waals surface area contributed by atoms with E-state index in [9.17, 15) is 4.39 Å². The molecule has 0 spiro atoms. The van der Waals surface area contributed by atoms with Crippen molar-refractivity contribution in [3.05, 3.63) is 42.3 Å². The summed E-state index contributed by atoms with van der Waals surface area (Å²) in [5.41, 5.74) is 1.04. The fourth-order valence-corrected chi connectivity index (χ4v) is 1.37. The lowest BCUT2D eigenvalue weighted by molar-refractivity contribution is -0.646. The lowest BCUT2D eigenvalue weighted by atomic mass is 10.2. The van der Waals surface area contributed by atoms with Gasteiger partial charge in [-0.05, 0) is 12.1 Å². The van der Waals surface area contributed by atoms with Gasteiger partial charge in [0.05, 0.1) is 0 Å². The normalized spacial score (nSPS) is 9.69. The topological polar surface area (TPSA) is 3.88 Å². The first-order chi connectivity index (χ1) is 5.77. The molecule has 68 valence electrons. The molecule has 1 aromatic heterocycles. The summed E-state index contributed by atoms with van der Waals surface area (Å²) in [5.74, 6) is -0.198. The number of aromatic nitrogens is 1. The molecule has 0 atom stereocenters. The van der Waals surface area contributed by atoms with Gasteiger partial charge in [0.15, 0.2) is 5.82 Å². The van der Waals surface area contributed by atoms with Crippen LogP contribution in [0.2, 0.25) is 0 Å². The van der Waals surface area contributed by atoms with Crippen molar-refractivity contribution in [2.24, 2.45) is 7.05 Å². The van der Waals surface area contributed by atoms with Gasteiger partial charge >= 0.3 is 0 Å². The van der Waals surface area contributed by atoms with Crippen molar-refractivity contribution in [2.45, 2.75) is 0 Å². The maximum Gasteiger partial charge on any atom is 0.212 e. The zero-order chi connectivity index (χ0) is 8.55. The Kier molecular flexibility index (Phi) is 3.19. The maximum atomic E-state index is 12.9. The predicted molar refractivity (Wildman–Crippen MR) is 45.1 cm³/mol. The minimum atomic E-state index is -0.198. The Morgan fingerprint density at radius 3 is 2.69 bits per heavy atom. The standard InChI is InChI=1S/C10H9FN.HI/c1-12-7-9(11)6-8-4-2-3-5-10(8)12;/h2-7H,1H3;1H/q+1;/p-1. The first-order valence-electron chi connectivity index (χ1n) is 3.81. The van der Waals surface area contributed by atoms with Gasteiger partial charge in [-0.25, -0.2) is 4.39 Å². The van der Waals surface area contributed by atoms with E-state index in [0.717, 1.165) is 10.9 Å². The summed E-state index contributed by atoms with van der Waals surface area (Å²) in [6.45, 7) is 0. The number of pyridine rings is 1. The van der Waals surface area contributed by atoms with Crippen molar-refractivity contribution in [3.8, 4) is 0 Å². The molecular formula is C10H9FIN. The Morgan fingerprint density at radius 1 is 1.23 bits per heavy atom. The second kappa shape index (κ2) is 4.00. The van der Waals surface area contributed by atoms with Crippen LogP contribution >= 0.6 is 0 Å². The number of halogens is 2. The second-order valence-corrected chi connectivity index (χ2v) is 2.83. The average molecular weight is 289 g/mol. The van der Waals surface area contributed by atoms with Crippen LogP contribution in [0.3, 0.4) is 0 Å². The van der Waals surface area contributed by atoms with Crippen molar-refractivity contribution in [1.82, 2.24) is 0 Å². The van der Waals surface area contributed by atoms with Crippen LogP contribution in [0.5, 0.6) is 0 Å².